The molecule has 2 aromatic heterocycles. The molecular weight excluding hydrogens is 596 g/mol. The fraction of sp³-hybridized carbons (Fsp3) is 0.310. The van der Waals surface area contributed by atoms with Crippen LogP contribution in [-0.4, -0.2) is 43.7 Å². The number of benzene rings is 2. The highest BCUT2D eigenvalue weighted by molar-refractivity contribution is 5.99. The number of carbonyl (C=O) groups is 2. The first kappa shape index (κ1) is 30.6. The van der Waals surface area contributed by atoms with Crippen LogP contribution in [0, 0.1) is 0 Å². The molecule has 15 heteroatoms. The number of carbonyl (C=O) groups excluding carboxylic acids is 2. The van der Waals surface area contributed by atoms with E-state index in [0.717, 1.165) is 4.57 Å². The molecule has 3 heterocycles. The summed E-state index contributed by atoms with van der Waals surface area (Å²) in [5, 5.41) is 2.61. The first-order valence-electron chi connectivity index (χ1n) is 13.2. The molecule has 0 bridgehead atoms. The first-order chi connectivity index (χ1) is 20.5. The Kier molecular flexibility index (Phi) is 7.68. The minimum Gasteiger partial charge on any atom is -0.444 e. The van der Waals surface area contributed by atoms with Gasteiger partial charge in [-0.05, 0) is 69.7 Å². The summed E-state index contributed by atoms with van der Waals surface area (Å²) in [4.78, 5) is 35.4. The van der Waals surface area contributed by atoms with Gasteiger partial charge in [0.25, 0.3) is 0 Å². The summed E-state index contributed by atoms with van der Waals surface area (Å²) < 4.78 is 91.8. The highest BCUT2D eigenvalue weighted by atomic mass is 19.4. The van der Waals surface area contributed by atoms with Gasteiger partial charge < -0.3 is 19.7 Å². The van der Waals surface area contributed by atoms with Crippen molar-refractivity contribution in [3.8, 4) is 11.6 Å². The van der Waals surface area contributed by atoms with Crippen LogP contribution >= 0.6 is 0 Å². The van der Waals surface area contributed by atoms with E-state index in [-0.39, 0.29) is 18.5 Å². The van der Waals surface area contributed by atoms with Crippen molar-refractivity contribution < 1.29 is 45.4 Å². The van der Waals surface area contributed by atoms with Crippen molar-refractivity contribution in [2.24, 2.45) is 0 Å². The zero-order valence-corrected chi connectivity index (χ0v) is 23.5. The third-order valence-corrected chi connectivity index (χ3v) is 6.55. The van der Waals surface area contributed by atoms with Crippen LogP contribution in [0.25, 0.3) is 10.9 Å². The average Bonchev–Trinajstić information content (AvgIpc) is 3.34. The van der Waals surface area contributed by atoms with E-state index in [1.165, 1.54) is 35.6 Å². The van der Waals surface area contributed by atoms with Gasteiger partial charge in [0, 0.05) is 29.4 Å². The summed E-state index contributed by atoms with van der Waals surface area (Å²) in [6.07, 6.45) is -7.54. The Morgan fingerprint density at radius 1 is 0.909 bits per heavy atom. The Labute approximate surface area is 246 Å². The summed E-state index contributed by atoms with van der Waals surface area (Å²) in [7, 11) is 0. The molecule has 5 rings (SSSR count). The van der Waals surface area contributed by atoms with E-state index >= 15 is 0 Å². The van der Waals surface area contributed by atoms with Crippen LogP contribution in [0.1, 0.15) is 43.2 Å². The van der Waals surface area contributed by atoms with Gasteiger partial charge in [-0.25, -0.2) is 19.6 Å². The van der Waals surface area contributed by atoms with Gasteiger partial charge in [-0.15, -0.1) is 0 Å². The third kappa shape index (κ3) is 6.71. The van der Waals surface area contributed by atoms with E-state index in [4.69, 9.17) is 9.47 Å². The Morgan fingerprint density at radius 2 is 1.59 bits per heavy atom. The molecule has 0 saturated heterocycles. The number of ether oxygens (including phenoxy) is 2. The molecule has 0 radical (unpaired) electrons. The summed E-state index contributed by atoms with van der Waals surface area (Å²) in [6, 6.07) is 6.03. The van der Waals surface area contributed by atoms with Crippen LogP contribution in [0.2, 0.25) is 0 Å². The molecule has 9 nitrogen and oxygen atoms in total. The molecule has 2 aromatic carbocycles. The van der Waals surface area contributed by atoms with Crippen molar-refractivity contribution in [2.45, 2.75) is 51.7 Å². The first-order valence-corrected chi connectivity index (χ1v) is 13.2. The lowest BCUT2D eigenvalue weighted by Crippen LogP contribution is -2.40. The van der Waals surface area contributed by atoms with Crippen LogP contribution in [0.5, 0.6) is 11.6 Å². The molecule has 232 valence electrons. The van der Waals surface area contributed by atoms with Gasteiger partial charge in [-0.1, -0.05) is 0 Å². The predicted octanol–water partition coefficient (Wildman–Crippen LogP) is 7.63. The Hall–Kier alpha value is -4.82. The maximum absolute atomic E-state index is 13.2. The number of nitrogens with zero attached hydrogens (tertiary/aromatic N) is 4. The quantitative estimate of drug-likeness (QED) is 0.236. The molecule has 1 aliphatic heterocycles. The standard InChI is InChI=1S/C29H25F6N5O4/c1-27(2,3)44-26(42)39-8-7-21-22(14-39)36-15-37-24(21)43-20-4-5-23-16(10-20)6-9-40(23)25(41)38-19-12-17(28(30,31)32)11-18(13-19)29(33,34)35/h4-6,9-13,15H,7-8,14H2,1-3H3,(H,38,41). The molecule has 0 unspecified atom stereocenters. The van der Waals surface area contributed by atoms with Crippen molar-refractivity contribution in [1.29, 1.82) is 0 Å². The van der Waals surface area contributed by atoms with Crippen molar-refractivity contribution in [1.82, 2.24) is 19.4 Å². The topological polar surface area (TPSA) is 98.6 Å². The SMILES string of the molecule is CC(C)(C)OC(=O)N1CCc2c(ncnc2Oc2ccc3c(ccn3C(=O)Nc3cc(C(F)(F)F)cc(C(F)(F)F)c3)c2)C1. The van der Waals surface area contributed by atoms with E-state index in [2.05, 4.69) is 15.3 Å². The van der Waals surface area contributed by atoms with E-state index in [1.807, 2.05) is 0 Å². The lowest BCUT2D eigenvalue weighted by Gasteiger charge is -2.30. The molecule has 4 aromatic rings. The van der Waals surface area contributed by atoms with Crippen LogP contribution in [0.15, 0.2) is 55.0 Å². The van der Waals surface area contributed by atoms with Gasteiger partial charge in [0.05, 0.1) is 28.9 Å². The number of hydrogen-bond acceptors (Lipinski definition) is 6. The number of amides is 2. The van der Waals surface area contributed by atoms with Crippen molar-refractivity contribution in [3.05, 3.63) is 77.4 Å². The van der Waals surface area contributed by atoms with E-state index in [9.17, 15) is 35.9 Å². The van der Waals surface area contributed by atoms with E-state index in [1.54, 1.807) is 26.8 Å². The second kappa shape index (κ2) is 11.0. The number of anilines is 1. The Balaban J connectivity index is 1.34. The molecule has 1 aliphatic rings. The summed E-state index contributed by atoms with van der Waals surface area (Å²) in [5.41, 5.74) is -2.79. The number of aromatic nitrogens is 3. The fourth-order valence-corrected chi connectivity index (χ4v) is 4.58. The van der Waals surface area contributed by atoms with Crippen LogP contribution in [0.4, 0.5) is 41.6 Å². The molecule has 1 N–H and O–H groups in total. The van der Waals surface area contributed by atoms with Crippen LogP contribution < -0.4 is 10.1 Å². The minimum atomic E-state index is -5.06. The fourth-order valence-electron chi connectivity index (χ4n) is 4.58. The van der Waals surface area contributed by atoms with Crippen molar-refractivity contribution in [2.75, 3.05) is 11.9 Å². The molecule has 0 aliphatic carbocycles. The van der Waals surface area contributed by atoms with Gasteiger partial charge in [-0.3, -0.25) is 4.57 Å². The highest BCUT2D eigenvalue weighted by Gasteiger charge is 2.37. The number of fused-ring (bicyclic) bond motifs is 2. The van der Waals surface area contributed by atoms with E-state index < -0.39 is 46.9 Å². The number of rotatable bonds is 3. The van der Waals surface area contributed by atoms with Crippen LogP contribution in [0.3, 0.4) is 0 Å². The van der Waals surface area contributed by atoms with Crippen molar-refractivity contribution in [3.63, 3.8) is 0 Å². The summed E-state index contributed by atoms with van der Waals surface area (Å²) in [5.74, 6) is 0.624. The zero-order valence-electron chi connectivity index (χ0n) is 23.5. The third-order valence-electron chi connectivity index (χ3n) is 6.55. The zero-order chi connectivity index (χ0) is 32.0. The molecule has 0 fully saturated rings. The molecule has 44 heavy (non-hydrogen) atoms. The molecule has 0 saturated carbocycles. The normalized spacial score (nSPS) is 13.9. The predicted molar refractivity (Wildman–Crippen MR) is 145 cm³/mol. The number of halogens is 6. The molecule has 2 amide bonds. The van der Waals surface area contributed by atoms with Gasteiger partial charge >= 0.3 is 24.5 Å². The molecule has 0 spiro atoms. The highest BCUT2D eigenvalue weighted by Crippen LogP contribution is 2.38. The van der Waals surface area contributed by atoms with Crippen LogP contribution in [-0.2, 0) is 30.1 Å². The number of alkyl halides is 6. The lowest BCUT2D eigenvalue weighted by molar-refractivity contribution is -0.143. The van der Waals surface area contributed by atoms with Crippen molar-refractivity contribution >= 4 is 28.7 Å². The summed E-state index contributed by atoms with van der Waals surface area (Å²) in [6.45, 7) is 5.89. The molecular formula is C29H25F6N5O4. The number of hydrogen-bond donors (Lipinski definition) is 1. The monoisotopic (exact) mass is 621 g/mol. The van der Waals surface area contributed by atoms with Gasteiger partial charge in [0.15, 0.2) is 0 Å². The minimum absolute atomic E-state index is 0.0198. The summed E-state index contributed by atoms with van der Waals surface area (Å²) >= 11 is 0. The number of nitrogens with one attached hydrogen (secondary N) is 1. The Bertz CT molecular complexity index is 1710. The maximum atomic E-state index is 13.2. The maximum Gasteiger partial charge on any atom is 0.416 e. The smallest absolute Gasteiger partial charge is 0.416 e. The largest absolute Gasteiger partial charge is 0.444 e. The van der Waals surface area contributed by atoms with Gasteiger partial charge in [0.1, 0.15) is 17.7 Å². The second-order valence-corrected chi connectivity index (χ2v) is 11.0. The molecule has 0 atom stereocenters. The van der Waals surface area contributed by atoms with Gasteiger partial charge in [0.2, 0.25) is 5.88 Å². The average molecular weight is 622 g/mol. The van der Waals surface area contributed by atoms with E-state index in [0.29, 0.717) is 53.0 Å². The second-order valence-electron chi connectivity index (χ2n) is 11.0. The van der Waals surface area contributed by atoms with Gasteiger partial charge in [-0.2, -0.15) is 26.3 Å². The Morgan fingerprint density at radius 3 is 2.23 bits per heavy atom. The lowest BCUT2D eigenvalue weighted by atomic mass is 10.1.